The monoisotopic (exact) mass is 247 g/mol. The molecule has 2 amide bonds. The summed E-state index contributed by atoms with van der Waals surface area (Å²) in [4.78, 5) is 29.5. The van der Waals surface area contributed by atoms with E-state index in [4.69, 9.17) is 0 Å². The highest BCUT2D eigenvalue weighted by molar-refractivity contribution is 5.94. The molecule has 0 spiro atoms. The van der Waals surface area contributed by atoms with Crippen LogP contribution in [-0.4, -0.2) is 34.3 Å². The van der Waals surface area contributed by atoms with E-state index < -0.39 is 0 Å². The second kappa shape index (κ2) is 5.62. The van der Waals surface area contributed by atoms with E-state index in [1.54, 1.807) is 11.1 Å². The maximum atomic E-state index is 11.9. The summed E-state index contributed by atoms with van der Waals surface area (Å²) in [5, 5.41) is 2.63. The zero-order valence-corrected chi connectivity index (χ0v) is 10.4. The summed E-state index contributed by atoms with van der Waals surface area (Å²) in [5.74, 6) is -0.105. The van der Waals surface area contributed by atoms with E-state index in [2.05, 4.69) is 10.3 Å². The number of piperazine rings is 1. The lowest BCUT2D eigenvalue weighted by Gasteiger charge is -2.34. The summed E-state index contributed by atoms with van der Waals surface area (Å²) >= 11 is 0. The van der Waals surface area contributed by atoms with Crippen LogP contribution in [0.4, 0.5) is 0 Å². The summed E-state index contributed by atoms with van der Waals surface area (Å²) in [6, 6.07) is 5.21. The number of aromatic nitrogens is 1. The Labute approximate surface area is 106 Å². The Morgan fingerprint density at radius 2 is 2.28 bits per heavy atom. The second-order valence-corrected chi connectivity index (χ2v) is 4.36. The molecule has 0 aliphatic carbocycles. The molecule has 1 N–H and O–H groups in total. The normalized spacial score (nSPS) is 19.8. The first-order chi connectivity index (χ1) is 8.72. The Balaban J connectivity index is 2.15. The van der Waals surface area contributed by atoms with E-state index in [1.165, 1.54) is 0 Å². The van der Waals surface area contributed by atoms with Gasteiger partial charge >= 0.3 is 0 Å². The Morgan fingerprint density at radius 1 is 1.44 bits per heavy atom. The van der Waals surface area contributed by atoms with Crippen LogP contribution in [0.15, 0.2) is 24.4 Å². The molecule has 2 heterocycles. The number of pyridine rings is 1. The molecule has 18 heavy (non-hydrogen) atoms. The molecule has 5 heteroatoms. The van der Waals surface area contributed by atoms with Crippen LogP contribution in [0, 0.1) is 0 Å². The number of rotatable bonds is 4. The van der Waals surface area contributed by atoms with E-state index >= 15 is 0 Å². The van der Waals surface area contributed by atoms with E-state index in [0.29, 0.717) is 13.0 Å². The van der Waals surface area contributed by atoms with Gasteiger partial charge in [-0.05, 0) is 18.6 Å². The third-order valence-corrected chi connectivity index (χ3v) is 3.03. The van der Waals surface area contributed by atoms with Gasteiger partial charge in [0.2, 0.25) is 11.8 Å². The summed E-state index contributed by atoms with van der Waals surface area (Å²) in [5.41, 5.74) is 0.807. The molecule has 1 fully saturated rings. The van der Waals surface area contributed by atoms with Crippen molar-refractivity contribution in [3.8, 4) is 0 Å². The van der Waals surface area contributed by atoms with Gasteiger partial charge in [-0.25, -0.2) is 0 Å². The van der Waals surface area contributed by atoms with Gasteiger partial charge in [0.1, 0.15) is 6.04 Å². The fourth-order valence-corrected chi connectivity index (χ4v) is 2.12. The van der Waals surface area contributed by atoms with Gasteiger partial charge in [-0.3, -0.25) is 14.6 Å². The number of hydrogen-bond acceptors (Lipinski definition) is 3. The predicted molar refractivity (Wildman–Crippen MR) is 66.5 cm³/mol. The quantitative estimate of drug-likeness (QED) is 0.852. The maximum absolute atomic E-state index is 11.9. The molecule has 0 radical (unpaired) electrons. The number of carbonyl (C=O) groups excluding carboxylic acids is 2. The number of amides is 2. The molecule has 1 aliphatic heterocycles. The highest BCUT2D eigenvalue weighted by Crippen LogP contribution is 2.14. The van der Waals surface area contributed by atoms with Crippen molar-refractivity contribution in [2.24, 2.45) is 0 Å². The lowest BCUT2D eigenvalue weighted by Crippen LogP contribution is -2.57. The van der Waals surface area contributed by atoms with Gasteiger partial charge in [0.05, 0.1) is 18.8 Å². The zero-order valence-electron chi connectivity index (χ0n) is 10.4. The average molecular weight is 247 g/mol. The molecule has 1 aliphatic rings. The van der Waals surface area contributed by atoms with E-state index in [1.807, 2.05) is 25.1 Å². The highest BCUT2D eigenvalue weighted by atomic mass is 16.2. The molecule has 1 aromatic heterocycles. The number of nitrogens with zero attached hydrogens (tertiary/aromatic N) is 2. The zero-order chi connectivity index (χ0) is 13.0. The topological polar surface area (TPSA) is 62.3 Å². The first kappa shape index (κ1) is 12.5. The Hall–Kier alpha value is -1.91. The van der Waals surface area contributed by atoms with Gasteiger partial charge in [0, 0.05) is 6.20 Å². The molecule has 2 rings (SSSR count). The van der Waals surface area contributed by atoms with Crippen LogP contribution >= 0.6 is 0 Å². The third-order valence-electron chi connectivity index (χ3n) is 3.03. The van der Waals surface area contributed by atoms with Crippen molar-refractivity contribution in [2.75, 3.05) is 6.54 Å². The third kappa shape index (κ3) is 2.67. The molecule has 96 valence electrons. The molecule has 0 aromatic carbocycles. The predicted octanol–water partition coefficient (Wildman–Crippen LogP) is 0.709. The minimum atomic E-state index is -0.363. The standard InChI is InChI=1S/C13H17N3O2/c1-2-5-11-13(18)15-8-12(17)16(11)9-10-6-3-4-7-14-10/h3-4,6-7,11H,2,5,8-9H2,1H3,(H,15,18). The van der Waals surface area contributed by atoms with Crippen molar-refractivity contribution >= 4 is 11.8 Å². The van der Waals surface area contributed by atoms with Crippen molar-refractivity contribution in [3.05, 3.63) is 30.1 Å². The summed E-state index contributed by atoms with van der Waals surface area (Å²) in [6.07, 6.45) is 3.24. The lowest BCUT2D eigenvalue weighted by atomic mass is 10.1. The Kier molecular flexibility index (Phi) is 3.92. The van der Waals surface area contributed by atoms with Gasteiger partial charge in [0.15, 0.2) is 0 Å². The highest BCUT2D eigenvalue weighted by Gasteiger charge is 2.33. The minimum Gasteiger partial charge on any atom is -0.345 e. The maximum Gasteiger partial charge on any atom is 0.243 e. The van der Waals surface area contributed by atoms with Crippen molar-refractivity contribution in [1.29, 1.82) is 0 Å². The van der Waals surface area contributed by atoms with E-state index in [-0.39, 0.29) is 24.4 Å². The van der Waals surface area contributed by atoms with E-state index in [9.17, 15) is 9.59 Å². The van der Waals surface area contributed by atoms with Crippen molar-refractivity contribution in [1.82, 2.24) is 15.2 Å². The minimum absolute atomic E-state index is 0.0429. The van der Waals surface area contributed by atoms with Crippen LogP contribution in [-0.2, 0) is 16.1 Å². The largest absolute Gasteiger partial charge is 0.345 e. The van der Waals surface area contributed by atoms with Crippen LogP contribution in [0.25, 0.3) is 0 Å². The van der Waals surface area contributed by atoms with Gasteiger partial charge in [-0.2, -0.15) is 0 Å². The Bertz CT molecular complexity index is 433. The summed E-state index contributed by atoms with van der Waals surface area (Å²) < 4.78 is 0. The molecule has 1 saturated heterocycles. The lowest BCUT2D eigenvalue weighted by molar-refractivity contribution is -0.146. The van der Waals surface area contributed by atoms with Crippen molar-refractivity contribution in [2.45, 2.75) is 32.4 Å². The fraction of sp³-hybridized carbons (Fsp3) is 0.462. The summed E-state index contributed by atoms with van der Waals surface area (Å²) in [6.45, 7) is 2.49. The van der Waals surface area contributed by atoms with Crippen LogP contribution in [0.5, 0.6) is 0 Å². The van der Waals surface area contributed by atoms with Gasteiger partial charge in [-0.1, -0.05) is 19.4 Å². The van der Waals surface area contributed by atoms with Crippen LogP contribution in [0.2, 0.25) is 0 Å². The second-order valence-electron chi connectivity index (χ2n) is 4.36. The van der Waals surface area contributed by atoms with Crippen molar-refractivity contribution in [3.63, 3.8) is 0 Å². The van der Waals surface area contributed by atoms with E-state index in [0.717, 1.165) is 12.1 Å². The first-order valence-electron chi connectivity index (χ1n) is 6.19. The number of hydrogen-bond donors (Lipinski definition) is 1. The number of nitrogens with one attached hydrogen (secondary N) is 1. The SMILES string of the molecule is CCCC1C(=O)NCC(=O)N1Cc1ccccn1. The van der Waals surface area contributed by atoms with Gasteiger partial charge in [0.25, 0.3) is 0 Å². The molecular formula is C13H17N3O2. The van der Waals surface area contributed by atoms with Crippen LogP contribution in [0.1, 0.15) is 25.5 Å². The molecule has 5 nitrogen and oxygen atoms in total. The Morgan fingerprint density at radius 3 is 2.94 bits per heavy atom. The molecule has 0 bridgehead atoms. The molecule has 1 unspecified atom stereocenters. The van der Waals surface area contributed by atoms with Crippen molar-refractivity contribution < 1.29 is 9.59 Å². The number of carbonyl (C=O) groups is 2. The first-order valence-corrected chi connectivity index (χ1v) is 6.19. The molecule has 1 atom stereocenters. The molecular weight excluding hydrogens is 230 g/mol. The molecule has 1 aromatic rings. The van der Waals surface area contributed by atoms with Crippen LogP contribution < -0.4 is 5.32 Å². The van der Waals surface area contributed by atoms with Gasteiger partial charge < -0.3 is 10.2 Å². The molecule has 0 saturated carbocycles. The van der Waals surface area contributed by atoms with Crippen LogP contribution in [0.3, 0.4) is 0 Å². The smallest absolute Gasteiger partial charge is 0.243 e. The summed E-state index contributed by atoms with van der Waals surface area (Å²) in [7, 11) is 0. The average Bonchev–Trinajstić information content (AvgIpc) is 2.39. The van der Waals surface area contributed by atoms with Gasteiger partial charge in [-0.15, -0.1) is 0 Å². The fourth-order valence-electron chi connectivity index (χ4n) is 2.12.